The Morgan fingerprint density at radius 1 is 1.44 bits per heavy atom. The van der Waals surface area contributed by atoms with Gasteiger partial charge in [-0.05, 0) is 34.1 Å². The summed E-state index contributed by atoms with van der Waals surface area (Å²) in [7, 11) is 0. The Morgan fingerprint density at radius 3 is 2.78 bits per heavy atom. The van der Waals surface area contributed by atoms with Gasteiger partial charge in [-0.1, -0.05) is 0 Å². The molecular formula is C13H21N3O2. The van der Waals surface area contributed by atoms with Crippen molar-refractivity contribution in [1.82, 2.24) is 15.3 Å². The zero-order valence-electron chi connectivity index (χ0n) is 11.5. The van der Waals surface area contributed by atoms with Gasteiger partial charge >= 0.3 is 0 Å². The normalized spacial score (nSPS) is 10.7. The first-order chi connectivity index (χ1) is 8.50. The third-order valence-electron chi connectivity index (χ3n) is 2.40. The molecule has 1 aromatic heterocycles. The molecule has 1 aromatic rings. The molecule has 0 fully saturated rings. The SMILES string of the molecule is Cc1ncc(C(=O)NCCCOC(C)C)c(C)n1. The Kier molecular flexibility index (Phi) is 5.71. The van der Waals surface area contributed by atoms with E-state index in [1.165, 1.54) is 0 Å². The molecule has 1 amide bonds. The summed E-state index contributed by atoms with van der Waals surface area (Å²) in [5.41, 5.74) is 1.24. The maximum Gasteiger partial charge on any atom is 0.254 e. The number of hydrogen-bond acceptors (Lipinski definition) is 4. The summed E-state index contributed by atoms with van der Waals surface area (Å²) in [6.07, 6.45) is 2.60. The quantitative estimate of drug-likeness (QED) is 0.781. The van der Waals surface area contributed by atoms with Crippen LogP contribution in [0.3, 0.4) is 0 Å². The van der Waals surface area contributed by atoms with Crippen LogP contribution in [-0.2, 0) is 4.74 Å². The minimum absolute atomic E-state index is 0.128. The summed E-state index contributed by atoms with van der Waals surface area (Å²) in [6.45, 7) is 8.85. The largest absolute Gasteiger partial charge is 0.379 e. The zero-order chi connectivity index (χ0) is 13.5. The Balaban J connectivity index is 2.36. The second kappa shape index (κ2) is 7.06. The highest BCUT2D eigenvalue weighted by Gasteiger charge is 2.09. The molecule has 1 N–H and O–H groups in total. The molecule has 0 aromatic carbocycles. The number of carbonyl (C=O) groups is 1. The second-order valence-corrected chi connectivity index (χ2v) is 4.45. The summed E-state index contributed by atoms with van der Waals surface area (Å²) >= 11 is 0. The fourth-order valence-corrected chi connectivity index (χ4v) is 1.49. The van der Waals surface area contributed by atoms with Gasteiger partial charge in [-0.3, -0.25) is 4.79 Å². The molecule has 5 nitrogen and oxygen atoms in total. The third-order valence-corrected chi connectivity index (χ3v) is 2.40. The van der Waals surface area contributed by atoms with Crippen LogP contribution in [0, 0.1) is 13.8 Å². The predicted octanol–water partition coefficient (Wildman–Crippen LogP) is 1.64. The van der Waals surface area contributed by atoms with E-state index < -0.39 is 0 Å². The number of carbonyl (C=O) groups excluding carboxylic acids is 1. The van der Waals surface area contributed by atoms with Crippen LogP contribution in [0.2, 0.25) is 0 Å². The van der Waals surface area contributed by atoms with Gasteiger partial charge in [-0.15, -0.1) is 0 Å². The average molecular weight is 251 g/mol. The van der Waals surface area contributed by atoms with E-state index in [0.717, 1.165) is 6.42 Å². The molecule has 1 heterocycles. The lowest BCUT2D eigenvalue weighted by molar-refractivity contribution is 0.0757. The van der Waals surface area contributed by atoms with Crippen LogP contribution in [0.5, 0.6) is 0 Å². The molecule has 0 radical (unpaired) electrons. The molecule has 0 saturated heterocycles. The van der Waals surface area contributed by atoms with Crippen molar-refractivity contribution in [2.24, 2.45) is 0 Å². The van der Waals surface area contributed by atoms with Crippen LogP contribution in [0.4, 0.5) is 0 Å². The van der Waals surface area contributed by atoms with E-state index in [-0.39, 0.29) is 12.0 Å². The molecule has 0 bridgehead atoms. The van der Waals surface area contributed by atoms with Crippen LogP contribution >= 0.6 is 0 Å². The highest BCUT2D eigenvalue weighted by molar-refractivity contribution is 5.94. The first-order valence-electron chi connectivity index (χ1n) is 6.20. The zero-order valence-corrected chi connectivity index (χ0v) is 11.5. The Labute approximate surface area is 108 Å². The van der Waals surface area contributed by atoms with Crippen LogP contribution in [0.1, 0.15) is 42.1 Å². The first kappa shape index (κ1) is 14.6. The first-order valence-corrected chi connectivity index (χ1v) is 6.20. The van der Waals surface area contributed by atoms with Crippen molar-refractivity contribution in [1.29, 1.82) is 0 Å². The lowest BCUT2D eigenvalue weighted by Crippen LogP contribution is -2.26. The van der Waals surface area contributed by atoms with Gasteiger partial charge in [0.15, 0.2) is 0 Å². The Bertz CT molecular complexity index is 405. The molecule has 100 valence electrons. The number of nitrogens with one attached hydrogen (secondary N) is 1. The fraction of sp³-hybridized carbons (Fsp3) is 0.615. The summed E-state index contributed by atoms with van der Waals surface area (Å²) in [5.74, 6) is 0.548. The molecule has 0 unspecified atom stereocenters. The van der Waals surface area contributed by atoms with Gasteiger partial charge in [0.25, 0.3) is 5.91 Å². The molecule has 5 heteroatoms. The summed E-state index contributed by atoms with van der Waals surface area (Å²) < 4.78 is 5.39. The molecule has 18 heavy (non-hydrogen) atoms. The number of aromatic nitrogens is 2. The fourth-order valence-electron chi connectivity index (χ4n) is 1.49. The van der Waals surface area contributed by atoms with Crippen LogP contribution in [0.15, 0.2) is 6.20 Å². The Hall–Kier alpha value is -1.49. The van der Waals surface area contributed by atoms with E-state index in [9.17, 15) is 4.79 Å². The smallest absolute Gasteiger partial charge is 0.254 e. The average Bonchev–Trinajstić information content (AvgIpc) is 2.27. The van der Waals surface area contributed by atoms with Crippen molar-refractivity contribution >= 4 is 5.91 Å². The van der Waals surface area contributed by atoms with E-state index in [4.69, 9.17) is 4.74 Å². The van der Waals surface area contributed by atoms with Gasteiger partial charge in [0.05, 0.1) is 17.4 Å². The molecule has 0 aliphatic heterocycles. The molecule has 0 atom stereocenters. The van der Waals surface area contributed by atoms with E-state index in [0.29, 0.717) is 30.2 Å². The number of aryl methyl sites for hydroxylation is 2. The van der Waals surface area contributed by atoms with Crippen molar-refractivity contribution in [3.8, 4) is 0 Å². The monoisotopic (exact) mass is 251 g/mol. The van der Waals surface area contributed by atoms with E-state index in [1.54, 1.807) is 13.1 Å². The number of nitrogens with zero attached hydrogens (tertiary/aromatic N) is 2. The van der Waals surface area contributed by atoms with Gasteiger partial charge in [0.1, 0.15) is 5.82 Å². The second-order valence-electron chi connectivity index (χ2n) is 4.45. The maximum atomic E-state index is 11.8. The van der Waals surface area contributed by atoms with E-state index >= 15 is 0 Å². The molecule has 0 aliphatic rings. The highest BCUT2D eigenvalue weighted by atomic mass is 16.5. The number of rotatable bonds is 6. The van der Waals surface area contributed by atoms with Gasteiger partial charge < -0.3 is 10.1 Å². The predicted molar refractivity (Wildman–Crippen MR) is 69.5 cm³/mol. The standard InChI is InChI=1S/C13H21N3O2/c1-9(2)18-7-5-6-14-13(17)12-8-15-11(4)16-10(12)3/h8-9H,5-7H2,1-4H3,(H,14,17). The van der Waals surface area contributed by atoms with Crippen molar-refractivity contribution in [3.63, 3.8) is 0 Å². The number of ether oxygens (including phenoxy) is 1. The van der Waals surface area contributed by atoms with Crippen molar-refractivity contribution in [3.05, 3.63) is 23.3 Å². The highest BCUT2D eigenvalue weighted by Crippen LogP contribution is 2.03. The third kappa shape index (κ3) is 4.79. The lowest BCUT2D eigenvalue weighted by atomic mass is 10.2. The number of amides is 1. The Morgan fingerprint density at radius 2 is 2.17 bits per heavy atom. The molecule has 0 saturated carbocycles. The van der Waals surface area contributed by atoms with Crippen molar-refractivity contribution < 1.29 is 9.53 Å². The molecule has 1 rings (SSSR count). The van der Waals surface area contributed by atoms with Crippen LogP contribution in [0.25, 0.3) is 0 Å². The molecule has 0 spiro atoms. The van der Waals surface area contributed by atoms with Gasteiger partial charge in [0.2, 0.25) is 0 Å². The van der Waals surface area contributed by atoms with E-state index in [2.05, 4.69) is 15.3 Å². The topological polar surface area (TPSA) is 64.1 Å². The van der Waals surface area contributed by atoms with E-state index in [1.807, 2.05) is 20.8 Å². The van der Waals surface area contributed by atoms with Gasteiger partial charge in [0, 0.05) is 19.3 Å². The molecular weight excluding hydrogens is 230 g/mol. The summed E-state index contributed by atoms with van der Waals surface area (Å²) in [4.78, 5) is 20.0. The van der Waals surface area contributed by atoms with Crippen molar-refractivity contribution in [2.45, 2.75) is 40.2 Å². The lowest BCUT2D eigenvalue weighted by Gasteiger charge is -2.09. The van der Waals surface area contributed by atoms with Crippen molar-refractivity contribution in [2.75, 3.05) is 13.2 Å². The minimum Gasteiger partial charge on any atom is -0.379 e. The van der Waals surface area contributed by atoms with Gasteiger partial charge in [-0.2, -0.15) is 0 Å². The molecule has 0 aliphatic carbocycles. The van der Waals surface area contributed by atoms with Crippen LogP contribution in [-0.4, -0.2) is 35.1 Å². The summed E-state index contributed by atoms with van der Waals surface area (Å²) in [6, 6.07) is 0. The van der Waals surface area contributed by atoms with Gasteiger partial charge in [-0.25, -0.2) is 9.97 Å². The number of hydrogen-bond donors (Lipinski definition) is 1. The summed E-state index contributed by atoms with van der Waals surface area (Å²) in [5, 5.41) is 2.83. The van der Waals surface area contributed by atoms with Crippen LogP contribution < -0.4 is 5.32 Å². The maximum absolute atomic E-state index is 11.8. The minimum atomic E-state index is -0.128.